The summed E-state index contributed by atoms with van der Waals surface area (Å²) in [5, 5.41) is 25.5. The van der Waals surface area contributed by atoms with E-state index in [9.17, 15) is 22.8 Å². The van der Waals surface area contributed by atoms with Gasteiger partial charge in [-0.3, -0.25) is 19.1 Å². The molecule has 1 heterocycles. The molecule has 0 saturated carbocycles. The Balaban J connectivity index is 0.0000168. The number of aromatic amines is 1. The number of H-pyrrole nitrogens is 1. The van der Waals surface area contributed by atoms with E-state index in [1.807, 2.05) is 0 Å². The van der Waals surface area contributed by atoms with Crippen LogP contribution in [0.15, 0.2) is 0 Å². The average Bonchev–Trinajstić information content (AvgIpc) is 3.43. The van der Waals surface area contributed by atoms with Crippen molar-refractivity contribution in [1.29, 1.82) is 0 Å². The second-order valence-corrected chi connectivity index (χ2v) is 12.8. The van der Waals surface area contributed by atoms with Gasteiger partial charge in [0.2, 0.25) is 21.8 Å². The number of unbranched alkanes of at least 4 members (excludes halogenated alkanes) is 13. The smallest absolute Gasteiger partial charge is 0.306 e. The number of carbonyl (C=O) groups is 3. The molecule has 0 aliphatic carbocycles. The summed E-state index contributed by atoms with van der Waals surface area (Å²) in [6.45, 7) is 2.08. The Labute approximate surface area is 247 Å². The van der Waals surface area contributed by atoms with Gasteiger partial charge in [-0.15, -0.1) is 10.2 Å². The molecular formula is C28H54N6O6S. The summed E-state index contributed by atoms with van der Waals surface area (Å²) in [4.78, 5) is 34.6. The minimum Gasteiger partial charge on any atom is -0.481 e. The van der Waals surface area contributed by atoms with E-state index in [4.69, 9.17) is 5.11 Å². The first kappa shape index (κ1) is 36.5. The second-order valence-electron chi connectivity index (χ2n) is 11.0. The van der Waals surface area contributed by atoms with Crippen molar-refractivity contribution in [3.8, 4) is 0 Å². The number of nitrogens with one attached hydrogen (secondary N) is 3. The summed E-state index contributed by atoms with van der Waals surface area (Å²) in [5.41, 5.74) is 0. The summed E-state index contributed by atoms with van der Waals surface area (Å²) in [6, 6.07) is 0. The molecule has 0 fully saturated rings. The van der Waals surface area contributed by atoms with Crippen LogP contribution < -0.4 is 10.0 Å². The fraction of sp³-hybridized carbons (Fsp3) is 0.857. The standard InChI is InChI=1S/C28H52N6O6S.H2/c1-24(28(37)38)18-15-16-22-29-26(35)21-17-23-41(39,40)32-27(36)20-14-12-10-8-6-4-2-3-5-7-9-11-13-19-25-30-33-34-31-25;/h24H,2-23H2,1H3,(H,29,35)(H,32,36)(H,37,38)(H,30,31,33,34);1H/t24-;/m0./s1. The van der Waals surface area contributed by atoms with Crippen molar-refractivity contribution < 1.29 is 29.3 Å². The van der Waals surface area contributed by atoms with E-state index < -0.39 is 27.8 Å². The second kappa shape index (κ2) is 23.0. The van der Waals surface area contributed by atoms with Crippen molar-refractivity contribution in [2.75, 3.05) is 12.3 Å². The third kappa shape index (κ3) is 21.8. The minimum absolute atomic E-state index is 0. The van der Waals surface area contributed by atoms with Gasteiger partial charge in [-0.05, 0) is 32.1 Å². The molecular weight excluding hydrogens is 548 g/mol. The van der Waals surface area contributed by atoms with E-state index in [1.54, 1.807) is 6.92 Å². The summed E-state index contributed by atoms with van der Waals surface area (Å²) >= 11 is 0. The molecule has 0 unspecified atom stereocenters. The van der Waals surface area contributed by atoms with Gasteiger partial charge in [0, 0.05) is 27.2 Å². The number of hydrogen-bond donors (Lipinski definition) is 4. The van der Waals surface area contributed by atoms with E-state index in [2.05, 4.69) is 30.7 Å². The molecule has 0 spiro atoms. The maximum atomic E-state index is 12.1. The molecule has 0 saturated heterocycles. The lowest BCUT2D eigenvalue weighted by molar-refractivity contribution is -0.141. The maximum absolute atomic E-state index is 12.1. The van der Waals surface area contributed by atoms with Crippen LogP contribution in [-0.4, -0.2) is 64.2 Å². The number of rotatable bonds is 27. The molecule has 1 aromatic rings. The lowest BCUT2D eigenvalue weighted by Gasteiger charge is -2.08. The first-order chi connectivity index (χ1) is 19.7. The van der Waals surface area contributed by atoms with E-state index in [-0.39, 0.29) is 32.3 Å². The Morgan fingerprint density at radius 1 is 0.805 bits per heavy atom. The molecule has 2 amide bonds. The molecule has 0 bridgehead atoms. The van der Waals surface area contributed by atoms with Crippen LogP contribution in [0.4, 0.5) is 0 Å². The number of carbonyl (C=O) groups excluding carboxylic acids is 2. The lowest BCUT2D eigenvalue weighted by Crippen LogP contribution is -2.33. The van der Waals surface area contributed by atoms with Crippen molar-refractivity contribution >= 4 is 27.8 Å². The van der Waals surface area contributed by atoms with Crippen LogP contribution in [0.3, 0.4) is 0 Å². The topological polar surface area (TPSA) is 184 Å². The number of aliphatic carboxylic acids is 1. The number of aryl methyl sites for hydroxylation is 1. The number of carboxylic acids is 1. The quantitative estimate of drug-likeness (QED) is 0.104. The average molecular weight is 603 g/mol. The highest BCUT2D eigenvalue weighted by Gasteiger charge is 2.15. The molecule has 1 rings (SSSR count). The van der Waals surface area contributed by atoms with Crippen molar-refractivity contribution in [3.63, 3.8) is 0 Å². The fourth-order valence-corrected chi connectivity index (χ4v) is 5.59. The highest BCUT2D eigenvalue weighted by Crippen LogP contribution is 2.13. The van der Waals surface area contributed by atoms with Crippen molar-refractivity contribution in [2.45, 2.75) is 135 Å². The highest BCUT2D eigenvalue weighted by molar-refractivity contribution is 7.90. The molecule has 12 nitrogen and oxygen atoms in total. The van der Waals surface area contributed by atoms with Crippen LogP contribution >= 0.6 is 0 Å². The van der Waals surface area contributed by atoms with Gasteiger partial charge < -0.3 is 10.4 Å². The monoisotopic (exact) mass is 602 g/mol. The zero-order valence-corrected chi connectivity index (χ0v) is 25.7. The molecule has 41 heavy (non-hydrogen) atoms. The molecule has 4 N–H and O–H groups in total. The Morgan fingerprint density at radius 3 is 1.93 bits per heavy atom. The summed E-state index contributed by atoms with van der Waals surface area (Å²) in [6.07, 6.45) is 18.1. The summed E-state index contributed by atoms with van der Waals surface area (Å²) < 4.78 is 26.3. The summed E-state index contributed by atoms with van der Waals surface area (Å²) in [7, 11) is -3.75. The van der Waals surface area contributed by atoms with Gasteiger partial charge in [-0.25, -0.2) is 8.42 Å². The Morgan fingerprint density at radius 2 is 1.37 bits per heavy atom. The fourth-order valence-electron chi connectivity index (χ4n) is 4.52. The van der Waals surface area contributed by atoms with Gasteiger partial charge in [0.25, 0.3) is 0 Å². The van der Waals surface area contributed by atoms with Crippen LogP contribution in [-0.2, 0) is 30.8 Å². The van der Waals surface area contributed by atoms with Gasteiger partial charge in [0.1, 0.15) is 0 Å². The molecule has 0 aliphatic rings. The van der Waals surface area contributed by atoms with E-state index >= 15 is 0 Å². The van der Waals surface area contributed by atoms with Crippen molar-refractivity contribution in [3.05, 3.63) is 5.82 Å². The Bertz CT molecular complexity index is 949. The molecule has 238 valence electrons. The van der Waals surface area contributed by atoms with Crippen LogP contribution in [0.1, 0.15) is 136 Å². The van der Waals surface area contributed by atoms with E-state index in [1.165, 1.54) is 51.4 Å². The molecule has 13 heteroatoms. The number of nitrogens with zero attached hydrogens (tertiary/aromatic N) is 3. The van der Waals surface area contributed by atoms with Gasteiger partial charge in [0.05, 0.1) is 11.7 Å². The third-order valence-electron chi connectivity index (χ3n) is 7.09. The predicted octanol–water partition coefficient (Wildman–Crippen LogP) is 4.68. The molecule has 0 aliphatic heterocycles. The SMILES string of the molecule is C[C@@H](CCCCNC(=O)CCCS(=O)(=O)NC(=O)CCCCCCCCCCCCCCCc1nn[nH]n1)C(=O)O.[HH]. The van der Waals surface area contributed by atoms with E-state index in [0.29, 0.717) is 32.2 Å². The number of hydrogen-bond acceptors (Lipinski definition) is 8. The highest BCUT2D eigenvalue weighted by atomic mass is 32.2. The lowest BCUT2D eigenvalue weighted by atomic mass is 10.0. The normalized spacial score (nSPS) is 12.2. The zero-order valence-electron chi connectivity index (χ0n) is 24.9. The van der Waals surface area contributed by atoms with Crippen LogP contribution in [0, 0.1) is 5.92 Å². The Kier molecular flexibility index (Phi) is 20.5. The van der Waals surface area contributed by atoms with Gasteiger partial charge >= 0.3 is 5.97 Å². The largest absolute Gasteiger partial charge is 0.481 e. The van der Waals surface area contributed by atoms with Gasteiger partial charge in [-0.1, -0.05) is 89.2 Å². The van der Waals surface area contributed by atoms with Gasteiger partial charge in [-0.2, -0.15) is 5.21 Å². The zero-order chi connectivity index (χ0) is 30.2. The van der Waals surface area contributed by atoms with Crippen LogP contribution in [0.25, 0.3) is 0 Å². The first-order valence-electron chi connectivity index (χ1n) is 15.4. The Hall–Kier alpha value is -2.57. The maximum Gasteiger partial charge on any atom is 0.306 e. The first-order valence-corrected chi connectivity index (χ1v) is 17.1. The predicted molar refractivity (Wildman–Crippen MR) is 159 cm³/mol. The van der Waals surface area contributed by atoms with Crippen molar-refractivity contribution in [1.82, 2.24) is 30.7 Å². The molecule has 0 radical (unpaired) electrons. The summed E-state index contributed by atoms with van der Waals surface area (Å²) in [5.74, 6) is -1.44. The number of carboxylic acid groups (broad SMARTS) is 1. The molecule has 1 aromatic heterocycles. The minimum atomic E-state index is -3.75. The van der Waals surface area contributed by atoms with Gasteiger partial charge in [0.15, 0.2) is 5.82 Å². The third-order valence-corrected chi connectivity index (χ3v) is 8.45. The van der Waals surface area contributed by atoms with Crippen LogP contribution in [0.2, 0.25) is 0 Å². The number of aromatic nitrogens is 4. The molecule has 0 aromatic carbocycles. The van der Waals surface area contributed by atoms with Crippen molar-refractivity contribution in [2.24, 2.45) is 5.92 Å². The number of sulfonamides is 1. The molecule has 1 atom stereocenters. The van der Waals surface area contributed by atoms with Crippen LogP contribution in [0.5, 0.6) is 0 Å². The number of tetrazole rings is 1. The van der Waals surface area contributed by atoms with E-state index in [0.717, 1.165) is 37.9 Å². The number of amides is 2.